The van der Waals surface area contributed by atoms with E-state index in [0.717, 1.165) is 24.7 Å². The SMILES string of the molecule is O=C(CCN1C(=O)c2ccccc2C1=O)N1CC[NH+](Cc2cccc(Cl)c2)CC1. The van der Waals surface area contributed by atoms with Crippen LogP contribution in [0.2, 0.25) is 5.02 Å². The van der Waals surface area contributed by atoms with Gasteiger partial charge < -0.3 is 9.80 Å². The molecule has 1 saturated heterocycles. The summed E-state index contributed by atoms with van der Waals surface area (Å²) >= 11 is 6.05. The summed E-state index contributed by atoms with van der Waals surface area (Å²) < 4.78 is 0. The first kappa shape index (κ1) is 19.6. The topological polar surface area (TPSA) is 62.1 Å². The first-order valence-electron chi connectivity index (χ1n) is 9.84. The molecule has 0 saturated carbocycles. The van der Waals surface area contributed by atoms with Crippen molar-refractivity contribution in [2.24, 2.45) is 0 Å². The third-order valence-corrected chi connectivity index (χ3v) is 5.83. The monoisotopic (exact) mass is 412 g/mol. The Balaban J connectivity index is 1.26. The van der Waals surface area contributed by atoms with Gasteiger partial charge in [0.2, 0.25) is 5.91 Å². The Morgan fingerprint density at radius 2 is 1.62 bits per heavy atom. The van der Waals surface area contributed by atoms with E-state index in [1.807, 2.05) is 23.1 Å². The number of rotatable bonds is 5. The zero-order valence-electron chi connectivity index (χ0n) is 16.1. The second-order valence-electron chi connectivity index (χ2n) is 7.50. The van der Waals surface area contributed by atoms with Crippen LogP contribution in [-0.2, 0) is 11.3 Å². The summed E-state index contributed by atoms with van der Waals surface area (Å²) in [5.74, 6) is -0.633. The Morgan fingerprint density at radius 1 is 0.966 bits per heavy atom. The van der Waals surface area contributed by atoms with Crippen molar-refractivity contribution in [2.75, 3.05) is 32.7 Å². The van der Waals surface area contributed by atoms with Gasteiger partial charge in [-0.2, -0.15) is 0 Å². The number of halogens is 1. The largest absolute Gasteiger partial charge is 0.331 e. The van der Waals surface area contributed by atoms with Gasteiger partial charge in [0.25, 0.3) is 11.8 Å². The maximum atomic E-state index is 12.6. The molecule has 0 aliphatic carbocycles. The van der Waals surface area contributed by atoms with E-state index in [1.54, 1.807) is 24.3 Å². The van der Waals surface area contributed by atoms with E-state index >= 15 is 0 Å². The molecular formula is C22H23ClN3O3+. The number of carbonyl (C=O) groups excluding carboxylic acids is 3. The lowest BCUT2D eigenvalue weighted by Crippen LogP contribution is -3.13. The number of piperazine rings is 1. The van der Waals surface area contributed by atoms with Crippen LogP contribution >= 0.6 is 11.6 Å². The molecule has 2 aromatic carbocycles. The Labute approximate surface area is 174 Å². The molecule has 2 heterocycles. The first-order valence-corrected chi connectivity index (χ1v) is 10.2. The van der Waals surface area contributed by atoms with Crippen LogP contribution in [-0.4, -0.2) is 60.2 Å². The van der Waals surface area contributed by atoms with Crippen LogP contribution in [0.4, 0.5) is 0 Å². The predicted molar refractivity (Wildman–Crippen MR) is 109 cm³/mol. The highest BCUT2D eigenvalue weighted by molar-refractivity contribution is 6.30. The van der Waals surface area contributed by atoms with E-state index in [0.29, 0.717) is 24.2 Å². The van der Waals surface area contributed by atoms with E-state index in [-0.39, 0.29) is 30.7 Å². The summed E-state index contributed by atoms with van der Waals surface area (Å²) in [6.07, 6.45) is 0.162. The minimum Gasteiger partial charge on any atom is -0.331 e. The molecule has 6 nitrogen and oxygen atoms in total. The molecule has 0 atom stereocenters. The fourth-order valence-electron chi connectivity index (χ4n) is 3.99. The second-order valence-corrected chi connectivity index (χ2v) is 7.93. The summed E-state index contributed by atoms with van der Waals surface area (Å²) in [6, 6.07) is 14.7. The van der Waals surface area contributed by atoms with Gasteiger partial charge in [0.05, 0.1) is 37.3 Å². The zero-order chi connectivity index (χ0) is 20.4. The number of amides is 3. The lowest BCUT2D eigenvalue weighted by atomic mass is 10.1. The summed E-state index contributed by atoms with van der Waals surface area (Å²) in [5.41, 5.74) is 2.03. The van der Waals surface area contributed by atoms with Crippen LogP contribution < -0.4 is 4.90 Å². The van der Waals surface area contributed by atoms with Crippen LogP contribution in [0.1, 0.15) is 32.7 Å². The molecule has 1 N–H and O–H groups in total. The minimum atomic E-state index is -0.311. The molecule has 0 aromatic heterocycles. The van der Waals surface area contributed by atoms with Crippen LogP contribution in [0.25, 0.3) is 0 Å². The van der Waals surface area contributed by atoms with Gasteiger partial charge in [-0.3, -0.25) is 19.3 Å². The highest BCUT2D eigenvalue weighted by atomic mass is 35.5. The molecule has 4 rings (SSSR count). The van der Waals surface area contributed by atoms with Crippen molar-refractivity contribution in [1.29, 1.82) is 0 Å². The first-order chi connectivity index (χ1) is 14.0. The van der Waals surface area contributed by atoms with Crippen LogP contribution in [0.5, 0.6) is 0 Å². The van der Waals surface area contributed by atoms with Crippen molar-refractivity contribution in [3.63, 3.8) is 0 Å². The fraction of sp³-hybridized carbons (Fsp3) is 0.318. The number of quaternary nitrogens is 1. The minimum absolute atomic E-state index is 0.0108. The average Bonchev–Trinajstić information content (AvgIpc) is 2.97. The number of nitrogens with zero attached hydrogens (tertiary/aromatic N) is 2. The van der Waals surface area contributed by atoms with Gasteiger partial charge in [-0.1, -0.05) is 35.9 Å². The van der Waals surface area contributed by atoms with E-state index < -0.39 is 0 Å². The molecule has 2 aliphatic heterocycles. The van der Waals surface area contributed by atoms with E-state index in [2.05, 4.69) is 6.07 Å². The number of hydrogen-bond acceptors (Lipinski definition) is 3. The Bertz CT molecular complexity index is 919. The molecule has 2 aromatic rings. The molecule has 0 spiro atoms. The van der Waals surface area contributed by atoms with Crippen LogP contribution in [0, 0.1) is 0 Å². The highest BCUT2D eigenvalue weighted by Crippen LogP contribution is 2.22. The second kappa shape index (κ2) is 8.35. The lowest BCUT2D eigenvalue weighted by Gasteiger charge is -2.32. The number of benzene rings is 2. The lowest BCUT2D eigenvalue weighted by molar-refractivity contribution is -0.917. The molecular weight excluding hydrogens is 390 g/mol. The van der Waals surface area contributed by atoms with E-state index in [1.165, 1.54) is 15.4 Å². The highest BCUT2D eigenvalue weighted by Gasteiger charge is 2.35. The van der Waals surface area contributed by atoms with Crippen molar-refractivity contribution in [3.05, 3.63) is 70.2 Å². The molecule has 0 bridgehead atoms. The average molecular weight is 413 g/mol. The van der Waals surface area contributed by atoms with Crippen molar-refractivity contribution in [3.8, 4) is 0 Å². The number of imide groups is 1. The summed E-state index contributed by atoms with van der Waals surface area (Å²) in [6.45, 7) is 4.10. The van der Waals surface area contributed by atoms with Gasteiger partial charge in [0.15, 0.2) is 0 Å². The molecule has 3 amide bonds. The number of nitrogens with one attached hydrogen (secondary N) is 1. The van der Waals surface area contributed by atoms with Crippen molar-refractivity contribution in [2.45, 2.75) is 13.0 Å². The normalized spacial score (nSPS) is 17.0. The Hall–Kier alpha value is -2.70. The van der Waals surface area contributed by atoms with Gasteiger partial charge in [-0.25, -0.2) is 0 Å². The van der Waals surface area contributed by atoms with Crippen molar-refractivity contribution >= 4 is 29.3 Å². The molecule has 0 unspecified atom stereocenters. The quantitative estimate of drug-likeness (QED) is 0.752. The Kier molecular flexibility index (Phi) is 5.65. The van der Waals surface area contributed by atoms with Gasteiger partial charge in [-0.15, -0.1) is 0 Å². The number of fused-ring (bicyclic) bond motifs is 1. The van der Waals surface area contributed by atoms with Crippen molar-refractivity contribution in [1.82, 2.24) is 9.80 Å². The van der Waals surface area contributed by atoms with Gasteiger partial charge in [0.1, 0.15) is 6.54 Å². The Morgan fingerprint density at radius 3 is 2.24 bits per heavy atom. The van der Waals surface area contributed by atoms with E-state index in [4.69, 9.17) is 11.6 Å². The van der Waals surface area contributed by atoms with Crippen molar-refractivity contribution < 1.29 is 19.3 Å². The molecule has 0 radical (unpaired) electrons. The molecule has 150 valence electrons. The molecule has 7 heteroatoms. The van der Waals surface area contributed by atoms with Crippen LogP contribution in [0.3, 0.4) is 0 Å². The maximum Gasteiger partial charge on any atom is 0.261 e. The summed E-state index contributed by atoms with van der Waals surface area (Å²) in [5, 5.41) is 0.740. The summed E-state index contributed by atoms with van der Waals surface area (Å²) in [7, 11) is 0. The molecule has 29 heavy (non-hydrogen) atoms. The zero-order valence-corrected chi connectivity index (χ0v) is 16.8. The number of hydrogen-bond donors (Lipinski definition) is 1. The predicted octanol–water partition coefficient (Wildman–Crippen LogP) is 1.25. The van der Waals surface area contributed by atoms with Gasteiger partial charge in [-0.05, 0) is 24.3 Å². The molecule has 1 fully saturated rings. The smallest absolute Gasteiger partial charge is 0.261 e. The third kappa shape index (κ3) is 4.18. The van der Waals surface area contributed by atoms with Gasteiger partial charge in [0, 0.05) is 23.6 Å². The van der Waals surface area contributed by atoms with E-state index in [9.17, 15) is 14.4 Å². The van der Waals surface area contributed by atoms with Gasteiger partial charge >= 0.3 is 0 Å². The fourth-order valence-corrected chi connectivity index (χ4v) is 4.21. The van der Waals surface area contributed by atoms with Crippen LogP contribution in [0.15, 0.2) is 48.5 Å². The number of carbonyl (C=O) groups is 3. The third-order valence-electron chi connectivity index (χ3n) is 5.59. The summed E-state index contributed by atoms with van der Waals surface area (Å²) in [4.78, 5) is 41.8. The molecule has 2 aliphatic rings. The standard InChI is InChI=1S/C22H22ClN3O3/c23-17-5-3-4-16(14-17)15-24-10-12-25(13-11-24)20(27)8-9-26-21(28)18-6-1-2-7-19(18)22(26)29/h1-7,14H,8-13,15H2/p+1. The maximum absolute atomic E-state index is 12.6.